The lowest BCUT2D eigenvalue weighted by Crippen LogP contribution is -2.16. The Morgan fingerprint density at radius 3 is 1.64 bits per heavy atom. The fraction of sp³-hybridized carbons (Fsp3) is 0.217. The number of benzene rings is 3. The molecule has 10 heteroatoms. The minimum Gasteiger partial charge on any atom is -0.378 e. The van der Waals surface area contributed by atoms with Gasteiger partial charge in [0.15, 0.2) is 0 Å². The van der Waals surface area contributed by atoms with Crippen LogP contribution >= 0.6 is 0 Å². The molecule has 0 saturated heterocycles. The van der Waals surface area contributed by atoms with Crippen LogP contribution < -0.4 is 9.80 Å². The highest BCUT2D eigenvalue weighted by molar-refractivity contribution is 7.86. The highest BCUT2D eigenvalue weighted by Crippen LogP contribution is 2.40. The molecule has 2 N–H and O–H groups in total. The van der Waals surface area contributed by atoms with Gasteiger partial charge in [0, 0.05) is 45.5 Å². The molecule has 0 radical (unpaired) electrons. The Balaban J connectivity index is 2.40. The predicted molar refractivity (Wildman–Crippen MR) is 129 cm³/mol. The van der Waals surface area contributed by atoms with Crippen LogP contribution in [0, 0.1) is 0 Å². The van der Waals surface area contributed by atoms with Crippen molar-refractivity contribution in [2.24, 2.45) is 0 Å². The summed E-state index contributed by atoms with van der Waals surface area (Å²) in [5.74, 6) is -0.910. The normalized spacial score (nSPS) is 12.9. The Kier molecular flexibility index (Phi) is 6.85. The van der Waals surface area contributed by atoms with Crippen molar-refractivity contribution in [2.45, 2.75) is 15.7 Å². The standard InChI is InChI=1S/C23H26N2O6S2/c1-24(2)17-11-9-16(10-12-17)23(19-7-5-6-8-21(19)32(26,27)28)20-14-13-18(25(3)4)15-22(20)33(29,30)31/h5-15,23H,1-4H3,(H,26,27,28)(H,29,30,31). The molecule has 3 aromatic rings. The van der Waals surface area contributed by atoms with Gasteiger partial charge < -0.3 is 9.80 Å². The maximum atomic E-state index is 12.4. The zero-order valence-electron chi connectivity index (χ0n) is 18.7. The lowest BCUT2D eigenvalue weighted by atomic mass is 9.84. The molecule has 0 aromatic heterocycles. The molecule has 0 aliphatic carbocycles. The van der Waals surface area contributed by atoms with Crippen molar-refractivity contribution in [3.63, 3.8) is 0 Å². The van der Waals surface area contributed by atoms with E-state index in [0.29, 0.717) is 11.3 Å². The number of nitrogens with zero attached hydrogens (tertiary/aromatic N) is 2. The second-order valence-electron chi connectivity index (χ2n) is 8.02. The van der Waals surface area contributed by atoms with Crippen LogP contribution in [0.4, 0.5) is 11.4 Å². The zero-order chi connectivity index (χ0) is 24.6. The molecule has 1 unspecified atom stereocenters. The quantitative estimate of drug-likeness (QED) is 0.382. The van der Waals surface area contributed by atoms with Crippen molar-refractivity contribution >= 4 is 31.6 Å². The minimum absolute atomic E-state index is 0.178. The molecular formula is C23H26N2O6S2. The van der Waals surface area contributed by atoms with Gasteiger partial charge in [0.2, 0.25) is 0 Å². The van der Waals surface area contributed by atoms with Crippen LogP contribution in [-0.2, 0) is 20.2 Å². The second-order valence-corrected chi connectivity index (χ2v) is 10.8. The summed E-state index contributed by atoms with van der Waals surface area (Å²) in [5, 5.41) is 0. The largest absolute Gasteiger partial charge is 0.378 e. The third-order valence-corrected chi connectivity index (χ3v) is 7.19. The minimum atomic E-state index is -4.67. The fourth-order valence-electron chi connectivity index (χ4n) is 3.71. The summed E-state index contributed by atoms with van der Waals surface area (Å²) < 4.78 is 69.0. The second kappa shape index (κ2) is 9.14. The van der Waals surface area contributed by atoms with Crippen LogP contribution in [0.3, 0.4) is 0 Å². The lowest BCUT2D eigenvalue weighted by Gasteiger charge is -2.24. The SMILES string of the molecule is CN(C)c1ccc(C(c2ccccc2S(=O)(=O)O)c2ccc(N(C)C)cc2S(=O)(=O)O)cc1. The van der Waals surface area contributed by atoms with Gasteiger partial charge in [-0.2, -0.15) is 16.8 Å². The highest BCUT2D eigenvalue weighted by Gasteiger charge is 2.29. The van der Waals surface area contributed by atoms with E-state index in [1.165, 1.54) is 24.3 Å². The van der Waals surface area contributed by atoms with E-state index in [-0.39, 0.29) is 20.9 Å². The van der Waals surface area contributed by atoms with E-state index in [2.05, 4.69) is 0 Å². The average Bonchev–Trinajstić information content (AvgIpc) is 2.73. The maximum absolute atomic E-state index is 12.4. The van der Waals surface area contributed by atoms with Crippen LogP contribution in [0.25, 0.3) is 0 Å². The molecular weight excluding hydrogens is 464 g/mol. The van der Waals surface area contributed by atoms with Gasteiger partial charge in [0.1, 0.15) is 4.90 Å². The van der Waals surface area contributed by atoms with Gasteiger partial charge in [-0.05, 0) is 47.0 Å². The number of rotatable bonds is 7. The van der Waals surface area contributed by atoms with E-state index in [0.717, 1.165) is 5.69 Å². The van der Waals surface area contributed by atoms with Gasteiger partial charge in [-0.25, -0.2) is 0 Å². The Hall–Kier alpha value is -2.92. The van der Waals surface area contributed by atoms with E-state index in [1.807, 2.05) is 31.1 Å². The topological polar surface area (TPSA) is 115 Å². The monoisotopic (exact) mass is 490 g/mol. The van der Waals surface area contributed by atoms with Gasteiger partial charge in [0.25, 0.3) is 20.2 Å². The fourth-order valence-corrected chi connectivity index (χ4v) is 5.20. The Bertz CT molecular complexity index is 1370. The van der Waals surface area contributed by atoms with Crippen molar-refractivity contribution in [2.75, 3.05) is 38.0 Å². The van der Waals surface area contributed by atoms with Crippen LogP contribution in [0.15, 0.2) is 76.5 Å². The summed E-state index contributed by atoms with van der Waals surface area (Å²) in [4.78, 5) is 2.89. The van der Waals surface area contributed by atoms with Crippen LogP contribution in [0.2, 0.25) is 0 Å². The van der Waals surface area contributed by atoms with Crippen molar-refractivity contribution in [3.05, 3.63) is 83.4 Å². The smallest absolute Gasteiger partial charge is 0.294 e. The predicted octanol–water partition coefficient (Wildman–Crippen LogP) is 3.49. The van der Waals surface area contributed by atoms with Crippen molar-refractivity contribution in [1.29, 1.82) is 0 Å². The first-order chi connectivity index (χ1) is 15.3. The lowest BCUT2D eigenvalue weighted by molar-refractivity contribution is 0.481. The van der Waals surface area contributed by atoms with E-state index in [9.17, 15) is 25.9 Å². The van der Waals surface area contributed by atoms with Gasteiger partial charge in [-0.1, -0.05) is 36.4 Å². The summed E-state index contributed by atoms with van der Waals surface area (Å²) in [6, 6.07) is 17.6. The van der Waals surface area contributed by atoms with Crippen LogP contribution in [0.1, 0.15) is 22.6 Å². The van der Waals surface area contributed by atoms with Gasteiger partial charge in [-0.15, -0.1) is 0 Å². The van der Waals surface area contributed by atoms with E-state index < -0.39 is 26.2 Å². The summed E-state index contributed by atoms with van der Waals surface area (Å²) in [6.07, 6.45) is 0. The summed E-state index contributed by atoms with van der Waals surface area (Å²) >= 11 is 0. The van der Waals surface area contributed by atoms with Gasteiger partial charge >= 0.3 is 0 Å². The third kappa shape index (κ3) is 5.36. The highest BCUT2D eigenvalue weighted by atomic mass is 32.2. The molecule has 3 aromatic carbocycles. The average molecular weight is 491 g/mol. The molecule has 0 bridgehead atoms. The molecule has 0 spiro atoms. The Morgan fingerprint density at radius 2 is 1.12 bits per heavy atom. The van der Waals surface area contributed by atoms with E-state index in [1.54, 1.807) is 49.3 Å². The first-order valence-corrected chi connectivity index (χ1v) is 12.8. The zero-order valence-corrected chi connectivity index (χ0v) is 20.3. The molecule has 8 nitrogen and oxygen atoms in total. The number of hydrogen-bond acceptors (Lipinski definition) is 6. The third-order valence-electron chi connectivity index (χ3n) is 5.35. The molecule has 0 aliphatic heterocycles. The molecule has 33 heavy (non-hydrogen) atoms. The molecule has 0 heterocycles. The summed E-state index contributed by atoms with van der Waals surface area (Å²) in [7, 11) is -2.08. The maximum Gasteiger partial charge on any atom is 0.294 e. The first-order valence-electron chi connectivity index (χ1n) is 9.93. The summed E-state index contributed by atoms with van der Waals surface area (Å²) in [6.45, 7) is 0. The molecule has 0 amide bonds. The van der Waals surface area contributed by atoms with Crippen molar-refractivity contribution < 1.29 is 25.9 Å². The van der Waals surface area contributed by atoms with E-state index >= 15 is 0 Å². The molecule has 3 rings (SSSR count). The molecule has 176 valence electrons. The Labute approximate surface area is 194 Å². The molecule has 0 saturated carbocycles. The van der Waals surface area contributed by atoms with Crippen LogP contribution in [0.5, 0.6) is 0 Å². The van der Waals surface area contributed by atoms with Crippen molar-refractivity contribution in [3.8, 4) is 0 Å². The van der Waals surface area contributed by atoms with Crippen molar-refractivity contribution in [1.82, 2.24) is 0 Å². The molecule has 0 aliphatic rings. The molecule has 0 fully saturated rings. The van der Waals surface area contributed by atoms with E-state index in [4.69, 9.17) is 0 Å². The number of hydrogen-bond donors (Lipinski definition) is 2. The number of anilines is 2. The first kappa shape index (κ1) is 24.7. The molecule has 1 atom stereocenters. The van der Waals surface area contributed by atoms with Gasteiger partial charge in [-0.3, -0.25) is 9.11 Å². The Morgan fingerprint density at radius 1 is 0.636 bits per heavy atom. The van der Waals surface area contributed by atoms with Gasteiger partial charge in [0.05, 0.1) is 4.90 Å². The summed E-state index contributed by atoms with van der Waals surface area (Å²) in [5.41, 5.74) is 2.37. The van der Waals surface area contributed by atoms with Crippen LogP contribution in [-0.4, -0.2) is 54.1 Å².